The van der Waals surface area contributed by atoms with Gasteiger partial charge in [0.25, 0.3) is 0 Å². The van der Waals surface area contributed by atoms with Crippen LogP contribution in [0.15, 0.2) is 51.4 Å². The van der Waals surface area contributed by atoms with Gasteiger partial charge in [-0.05, 0) is 64.2 Å². The van der Waals surface area contributed by atoms with Gasteiger partial charge in [0.05, 0.1) is 16.5 Å². The molecule has 112 valence electrons. The van der Waals surface area contributed by atoms with E-state index in [1.54, 1.807) is 0 Å². The largest absolute Gasteiger partial charge is 0.492 e. The van der Waals surface area contributed by atoms with Crippen LogP contribution in [0, 0.1) is 0 Å². The average molecular weight is 433 g/mol. The standard InChI is InChI=1S/C17H17Br2ClO/c1-2-9-21-17-8-5-13(11-15(17)19)16(20)10-12-3-6-14(18)7-4-12/h3-8,11,16H,2,9-10H2,1H3. The minimum atomic E-state index is -0.0531. The number of rotatable bonds is 6. The average Bonchev–Trinajstić information content (AvgIpc) is 2.48. The first-order chi connectivity index (χ1) is 10.1. The molecule has 0 aliphatic heterocycles. The van der Waals surface area contributed by atoms with Crippen molar-refractivity contribution in [1.29, 1.82) is 0 Å². The molecule has 2 aromatic carbocycles. The molecule has 0 radical (unpaired) electrons. The third kappa shape index (κ3) is 5.01. The Balaban J connectivity index is 2.06. The van der Waals surface area contributed by atoms with E-state index in [9.17, 15) is 0 Å². The number of benzene rings is 2. The molecule has 1 unspecified atom stereocenters. The predicted molar refractivity (Wildman–Crippen MR) is 96.4 cm³/mol. The molecule has 2 rings (SSSR count). The van der Waals surface area contributed by atoms with Gasteiger partial charge in [0.15, 0.2) is 0 Å². The van der Waals surface area contributed by atoms with Gasteiger partial charge >= 0.3 is 0 Å². The van der Waals surface area contributed by atoms with Crippen molar-refractivity contribution in [3.8, 4) is 5.75 Å². The zero-order valence-corrected chi connectivity index (χ0v) is 15.7. The number of hydrogen-bond acceptors (Lipinski definition) is 1. The predicted octanol–water partition coefficient (Wildman–Crippen LogP) is 6.52. The number of hydrogen-bond donors (Lipinski definition) is 0. The molecular weight excluding hydrogens is 415 g/mol. The molecule has 0 amide bonds. The lowest BCUT2D eigenvalue weighted by atomic mass is 10.0. The van der Waals surface area contributed by atoms with Gasteiger partial charge in [-0.15, -0.1) is 11.6 Å². The van der Waals surface area contributed by atoms with Crippen molar-refractivity contribution >= 4 is 43.5 Å². The summed E-state index contributed by atoms with van der Waals surface area (Å²) in [4.78, 5) is 0. The van der Waals surface area contributed by atoms with E-state index < -0.39 is 0 Å². The fraction of sp³-hybridized carbons (Fsp3) is 0.294. The van der Waals surface area contributed by atoms with Gasteiger partial charge in [-0.2, -0.15) is 0 Å². The van der Waals surface area contributed by atoms with Crippen LogP contribution >= 0.6 is 43.5 Å². The lowest BCUT2D eigenvalue weighted by Gasteiger charge is -2.13. The summed E-state index contributed by atoms with van der Waals surface area (Å²) in [5.74, 6) is 0.869. The van der Waals surface area contributed by atoms with Gasteiger partial charge in [0.2, 0.25) is 0 Å². The Morgan fingerprint density at radius 1 is 1.10 bits per heavy atom. The maximum atomic E-state index is 6.54. The Kier molecular flexibility index (Phi) is 6.59. The first kappa shape index (κ1) is 16.9. The Labute approximate surface area is 147 Å². The molecule has 0 spiro atoms. The van der Waals surface area contributed by atoms with E-state index in [2.05, 4.69) is 50.9 Å². The normalized spacial score (nSPS) is 12.2. The third-order valence-electron chi connectivity index (χ3n) is 3.11. The molecule has 2 aromatic rings. The molecule has 1 atom stereocenters. The van der Waals surface area contributed by atoms with Crippen LogP contribution in [0.4, 0.5) is 0 Å². The van der Waals surface area contributed by atoms with Crippen LogP contribution in [-0.4, -0.2) is 6.61 Å². The highest BCUT2D eigenvalue weighted by atomic mass is 79.9. The summed E-state index contributed by atoms with van der Waals surface area (Å²) >= 11 is 13.5. The number of halogens is 3. The van der Waals surface area contributed by atoms with Crippen molar-refractivity contribution < 1.29 is 4.74 Å². The lowest BCUT2D eigenvalue weighted by molar-refractivity contribution is 0.315. The fourth-order valence-corrected chi connectivity index (χ4v) is 3.08. The summed E-state index contributed by atoms with van der Waals surface area (Å²) in [5.41, 5.74) is 2.32. The highest BCUT2D eigenvalue weighted by Crippen LogP contribution is 2.32. The van der Waals surface area contributed by atoms with Gasteiger partial charge in [-0.3, -0.25) is 0 Å². The molecule has 0 saturated heterocycles. The maximum absolute atomic E-state index is 6.54. The number of alkyl halides is 1. The monoisotopic (exact) mass is 430 g/mol. The second-order valence-corrected chi connectivity index (χ2v) is 7.13. The van der Waals surface area contributed by atoms with E-state index in [1.807, 2.05) is 30.3 Å². The van der Waals surface area contributed by atoms with E-state index in [0.29, 0.717) is 0 Å². The van der Waals surface area contributed by atoms with Crippen LogP contribution in [0.1, 0.15) is 29.8 Å². The van der Waals surface area contributed by atoms with Crippen molar-refractivity contribution in [1.82, 2.24) is 0 Å². The minimum Gasteiger partial charge on any atom is -0.492 e. The van der Waals surface area contributed by atoms with E-state index in [4.69, 9.17) is 16.3 Å². The topological polar surface area (TPSA) is 9.23 Å². The third-order valence-corrected chi connectivity index (χ3v) is 4.66. The van der Waals surface area contributed by atoms with Crippen LogP contribution in [0.25, 0.3) is 0 Å². The van der Waals surface area contributed by atoms with Crippen molar-refractivity contribution in [2.24, 2.45) is 0 Å². The summed E-state index contributed by atoms with van der Waals surface area (Å²) in [7, 11) is 0. The Hall–Kier alpha value is -0.510. The number of ether oxygens (including phenoxy) is 1. The Bertz CT molecular complexity index is 584. The molecule has 4 heteroatoms. The minimum absolute atomic E-state index is 0.0531. The molecule has 0 N–H and O–H groups in total. The van der Waals surface area contributed by atoms with E-state index in [1.165, 1.54) is 5.56 Å². The van der Waals surface area contributed by atoms with Gasteiger partial charge < -0.3 is 4.74 Å². The molecule has 0 aliphatic rings. The molecule has 0 saturated carbocycles. The molecule has 21 heavy (non-hydrogen) atoms. The zero-order valence-electron chi connectivity index (χ0n) is 11.8. The van der Waals surface area contributed by atoms with Gasteiger partial charge in [0, 0.05) is 4.47 Å². The molecule has 1 nitrogen and oxygen atoms in total. The molecule has 0 bridgehead atoms. The van der Waals surface area contributed by atoms with Crippen LogP contribution < -0.4 is 4.74 Å². The summed E-state index contributed by atoms with van der Waals surface area (Å²) in [6, 6.07) is 14.3. The molecule has 0 aromatic heterocycles. The van der Waals surface area contributed by atoms with Crippen LogP contribution in [0.2, 0.25) is 0 Å². The highest BCUT2D eigenvalue weighted by Gasteiger charge is 2.11. The first-order valence-electron chi connectivity index (χ1n) is 6.91. The second kappa shape index (κ2) is 8.21. The van der Waals surface area contributed by atoms with E-state index in [-0.39, 0.29) is 5.38 Å². The van der Waals surface area contributed by atoms with Crippen molar-refractivity contribution in [2.45, 2.75) is 25.1 Å². The summed E-state index contributed by atoms with van der Waals surface area (Å²) < 4.78 is 7.69. The van der Waals surface area contributed by atoms with Crippen molar-refractivity contribution in [3.05, 3.63) is 62.5 Å². The van der Waals surface area contributed by atoms with E-state index >= 15 is 0 Å². The fourth-order valence-electron chi connectivity index (χ4n) is 1.99. The summed E-state index contributed by atoms with van der Waals surface area (Å²) in [6.45, 7) is 2.82. The van der Waals surface area contributed by atoms with Gasteiger partial charge in [0.1, 0.15) is 5.75 Å². The quantitative estimate of drug-likeness (QED) is 0.472. The van der Waals surface area contributed by atoms with Crippen LogP contribution in [0.5, 0.6) is 5.75 Å². The first-order valence-corrected chi connectivity index (χ1v) is 8.93. The maximum Gasteiger partial charge on any atom is 0.133 e. The summed E-state index contributed by atoms with van der Waals surface area (Å²) in [6.07, 6.45) is 1.80. The van der Waals surface area contributed by atoms with Crippen LogP contribution in [0.3, 0.4) is 0 Å². The van der Waals surface area contributed by atoms with Gasteiger partial charge in [-0.1, -0.05) is 41.1 Å². The highest BCUT2D eigenvalue weighted by molar-refractivity contribution is 9.10. The molecule has 0 aliphatic carbocycles. The SMILES string of the molecule is CCCOc1ccc(C(Cl)Cc2ccc(Br)cc2)cc1Br. The van der Waals surface area contributed by atoms with E-state index in [0.717, 1.165) is 39.7 Å². The molecule has 0 fully saturated rings. The zero-order chi connectivity index (χ0) is 15.2. The lowest BCUT2D eigenvalue weighted by Crippen LogP contribution is -1.99. The van der Waals surface area contributed by atoms with Crippen molar-refractivity contribution in [2.75, 3.05) is 6.61 Å². The Morgan fingerprint density at radius 2 is 1.81 bits per heavy atom. The molecular formula is C17H17Br2ClO. The molecule has 0 heterocycles. The van der Waals surface area contributed by atoms with Crippen molar-refractivity contribution in [3.63, 3.8) is 0 Å². The van der Waals surface area contributed by atoms with Crippen LogP contribution in [-0.2, 0) is 6.42 Å². The smallest absolute Gasteiger partial charge is 0.133 e. The van der Waals surface area contributed by atoms with Gasteiger partial charge in [-0.25, -0.2) is 0 Å². The Morgan fingerprint density at radius 3 is 2.43 bits per heavy atom. The second-order valence-electron chi connectivity index (χ2n) is 4.84. The summed E-state index contributed by atoms with van der Waals surface area (Å²) in [5, 5.41) is -0.0531.